The number of hydrogen-bond donors (Lipinski definition) is 0. The molecule has 0 N–H and O–H groups in total. The minimum absolute atomic E-state index is 0.459. The van der Waals surface area contributed by atoms with Gasteiger partial charge in [0, 0.05) is 0 Å². The van der Waals surface area contributed by atoms with Crippen molar-refractivity contribution in [2.45, 2.75) is 33.8 Å². The molecule has 2 rings (SSSR count). The molecule has 1 heteroatoms. The van der Waals surface area contributed by atoms with E-state index in [1.165, 1.54) is 12.0 Å². The van der Waals surface area contributed by atoms with E-state index >= 15 is 0 Å². The Kier molecular flexibility index (Phi) is 3.34. The van der Waals surface area contributed by atoms with Crippen LogP contribution in [0.25, 0.3) is 0 Å². The van der Waals surface area contributed by atoms with Crippen molar-refractivity contribution in [2.75, 3.05) is 6.61 Å². The molecule has 1 aliphatic carbocycles. The predicted octanol–water partition coefficient (Wildman–Crippen LogP) is 3.89. The Bertz CT molecular complexity index is 323. The van der Waals surface area contributed by atoms with Gasteiger partial charge in [-0.05, 0) is 29.2 Å². The quantitative estimate of drug-likeness (QED) is 0.745. The van der Waals surface area contributed by atoms with E-state index in [-0.39, 0.29) is 0 Å². The van der Waals surface area contributed by atoms with Crippen molar-refractivity contribution in [2.24, 2.45) is 17.3 Å². The van der Waals surface area contributed by atoms with Crippen LogP contribution in [0.2, 0.25) is 0 Å². The van der Waals surface area contributed by atoms with Crippen LogP contribution in [0.5, 0.6) is 0 Å². The molecule has 1 saturated carbocycles. The SMILES string of the molecule is CC(C)(C)[C@H]1C[C@@H]1COCc1ccccc1. The lowest BCUT2D eigenvalue weighted by Crippen LogP contribution is -2.11. The minimum atomic E-state index is 0.459. The Labute approximate surface area is 98.8 Å². The summed E-state index contributed by atoms with van der Waals surface area (Å²) in [5, 5.41) is 0. The van der Waals surface area contributed by atoms with Gasteiger partial charge >= 0.3 is 0 Å². The second-order valence-corrected chi connectivity index (χ2v) is 5.97. The first-order chi connectivity index (χ1) is 7.57. The molecule has 0 saturated heterocycles. The van der Waals surface area contributed by atoms with E-state index in [0.29, 0.717) is 5.41 Å². The fraction of sp³-hybridized carbons (Fsp3) is 0.600. The molecule has 16 heavy (non-hydrogen) atoms. The summed E-state index contributed by atoms with van der Waals surface area (Å²) in [6, 6.07) is 10.4. The summed E-state index contributed by atoms with van der Waals surface area (Å²) in [6.07, 6.45) is 1.35. The maximum absolute atomic E-state index is 5.77. The molecule has 2 atom stereocenters. The van der Waals surface area contributed by atoms with Gasteiger partial charge in [0.15, 0.2) is 0 Å². The van der Waals surface area contributed by atoms with Gasteiger partial charge in [-0.2, -0.15) is 0 Å². The van der Waals surface area contributed by atoms with Gasteiger partial charge in [-0.3, -0.25) is 0 Å². The third kappa shape index (κ3) is 3.08. The van der Waals surface area contributed by atoms with Crippen molar-refractivity contribution in [3.05, 3.63) is 35.9 Å². The van der Waals surface area contributed by atoms with E-state index in [1.54, 1.807) is 0 Å². The van der Waals surface area contributed by atoms with E-state index < -0.39 is 0 Å². The monoisotopic (exact) mass is 218 g/mol. The van der Waals surface area contributed by atoms with Crippen LogP contribution in [0, 0.1) is 17.3 Å². The van der Waals surface area contributed by atoms with Crippen LogP contribution >= 0.6 is 0 Å². The first-order valence-electron chi connectivity index (χ1n) is 6.19. The summed E-state index contributed by atoms with van der Waals surface area (Å²) >= 11 is 0. The molecule has 0 spiro atoms. The molecule has 1 nitrogen and oxygen atoms in total. The molecule has 1 aromatic rings. The maximum atomic E-state index is 5.77. The topological polar surface area (TPSA) is 9.23 Å². The molecule has 88 valence electrons. The number of ether oxygens (including phenoxy) is 1. The second-order valence-electron chi connectivity index (χ2n) is 5.97. The van der Waals surface area contributed by atoms with Gasteiger partial charge < -0.3 is 4.74 Å². The summed E-state index contributed by atoms with van der Waals surface area (Å²) in [6.45, 7) is 8.67. The molecule has 0 aliphatic heterocycles. The maximum Gasteiger partial charge on any atom is 0.0717 e. The summed E-state index contributed by atoms with van der Waals surface area (Å²) in [5.74, 6) is 1.66. The van der Waals surface area contributed by atoms with Gasteiger partial charge in [0.2, 0.25) is 0 Å². The lowest BCUT2D eigenvalue weighted by atomic mass is 9.89. The summed E-state index contributed by atoms with van der Waals surface area (Å²) < 4.78 is 5.77. The molecule has 0 heterocycles. The summed E-state index contributed by atoms with van der Waals surface area (Å²) in [4.78, 5) is 0. The number of benzene rings is 1. The van der Waals surface area contributed by atoms with E-state index in [2.05, 4.69) is 45.0 Å². The zero-order valence-corrected chi connectivity index (χ0v) is 10.6. The summed E-state index contributed by atoms with van der Waals surface area (Å²) in [5.41, 5.74) is 1.73. The average Bonchev–Trinajstić information content (AvgIpc) is 2.98. The highest BCUT2D eigenvalue weighted by atomic mass is 16.5. The lowest BCUT2D eigenvalue weighted by molar-refractivity contribution is 0.102. The van der Waals surface area contributed by atoms with Crippen molar-refractivity contribution >= 4 is 0 Å². The van der Waals surface area contributed by atoms with Crippen molar-refractivity contribution in [1.82, 2.24) is 0 Å². The van der Waals surface area contributed by atoms with Gasteiger partial charge in [0.05, 0.1) is 13.2 Å². The van der Waals surface area contributed by atoms with E-state index in [1.807, 2.05) is 6.07 Å². The predicted molar refractivity (Wildman–Crippen MR) is 67.2 cm³/mol. The Balaban J connectivity index is 1.68. The van der Waals surface area contributed by atoms with Gasteiger partial charge in [0.25, 0.3) is 0 Å². The van der Waals surface area contributed by atoms with E-state index in [0.717, 1.165) is 25.0 Å². The van der Waals surface area contributed by atoms with Gasteiger partial charge in [-0.1, -0.05) is 51.1 Å². The third-order valence-corrected chi connectivity index (χ3v) is 3.48. The van der Waals surface area contributed by atoms with Gasteiger partial charge in [-0.15, -0.1) is 0 Å². The number of hydrogen-bond acceptors (Lipinski definition) is 1. The molecule has 0 radical (unpaired) electrons. The van der Waals surface area contributed by atoms with Crippen molar-refractivity contribution in [1.29, 1.82) is 0 Å². The normalized spacial score (nSPS) is 24.4. The minimum Gasteiger partial charge on any atom is -0.376 e. The summed E-state index contributed by atoms with van der Waals surface area (Å²) in [7, 11) is 0. The molecular formula is C15H22O. The van der Waals surface area contributed by atoms with Gasteiger partial charge in [-0.25, -0.2) is 0 Å². The Hall–Kier alpha value is -0.820. The van der Waals surface area contributed by atoms with Crippen LogP contribution in [0.3, 0.4) is 0 Å². The van der Waals surface area contributed by atoms with E-state index in [4.69, 9.17) is 4.74 Å². The van der Waals surface area contributed by atoms with Crippen molar-refractivity contribution in [3.63, 3.8) is 0 Å². The molecular weight excluding hydrogens is 196 g/mol. The standard InChI is InChI=1S/C15H22O/c1-15(2,3)14-9-13(14)11-16-10-12-7-5-4-6-8-12/h4-8,13-14H,9-11H2,1-3H3/t13-,14+/m1/s1. The molecule has 1 aromatic carbocycles. The van der Waals surface area contributed by atoms with Crippen molar-refractivity contribution in [3.8, 4) is 0 Å². The Morgan fingerprint density at radius 2 is 1.88 bits per heavy atom. The first kappa shape index (κ1) is 11.7. The molecule has 1 fully saturated rings. The molecule has 1 aliphatic rings. The Morgan fingerprint density at radius 3 is 2.44 bits per heavy atom. The van der Waals surface area contributed by atoms with E-state index in [9.17, 15) is 0 Å². The zero-order chi connectivity index (χ0) is 11.6. The Morgan fingerprint density at radius 1 is 1.19 bits per heavy atom. The van der Waals surface area contributed by atoms with Crippen LogP contribution in [0.4, 0.5) is 0 Å². The molecule has 0 amide bonds. The molecule has 0 bridgehead atoms. The highest BCUT2D eigenvalue weighted by Gasteiger charge is 2.44. The average molecular weight is 218 g/mol. The number of rotatable bonds is 4. The van der Waals surface area contributed by atoms with Gasteiger partial charge in [0.1, 0.15) is 0 Å². The third-order valence-electron chi connectivity index (χ3n) is 3.48. The van der Waals surface area contributed by atoms with Crippen molar-refractivity contribution < 1.29 is 4.74 Å². The first-order valence-corrected chi connectivity index (χ1v) is 6.19. The van der Waals surface area contributed by atoms with Crippen LogP contribution in [0.15, 0.2) is 30.3 Å². The van der Waals surface area contributed by atoms with Crippen LogP contribution in [-0.4, -0.2) is 6.61 Å². The van der Waals surface area contributed by atoms with Crippen LogP contribution in [0.1, 0.15) is 32.8 Å². The zero-order valence-electron chi connectivity index (χ0n) is 10.6. The highest BCUT2D eigenvalue weighted by molar-refractivity contribution is 5.13. The van der Waals surface area contributed by atoms with Crippen LogP contribution in [-0.2, 0) is 11.3 Å². The smallest absolute Gasteiger partial charge is 0.0717 e. The fourth-order valence-corrected chi connectivity index (χ4v) is 2.39. The van der Waals surface area contributed by atoms with Crippen LogP contribution < -0.4 is 0 Å². The highest BCUT2D eigenvalue weighted by Crippen LogP contribution is 2.50. The fourth-order valence-electron chi connectivity index (χ4n) is 2.39. The lowest BCUT2D eigenvalue weighted by Gasteiger charge is -2.18. The molecule has 0 unspecified atom stereocenters. The molecule has 0 aromatic heterocycles. The second kappa shape index (κ2) is 4.58. The largest absolute Gasteiger partial charge is 0.376 e.